The lowest BCUT2D eigenvalue weighted by Gasteiger charge is -2.42. The van der Waals surface area contributed by atoms with E-state index in [1.165, 1.54) is 0 Å². The molecular weight excluding hydrogens is 913 g/mol. The fourth-order valence-electron chi connectivity index (χ4n) is 12.7. The molecule has 7 aliphatic rings. The maximum Gasteiger partial charge on any atom is 0.319 e. The number of rotatable bonds is 11. The van der Waals surface area contributed by atoms with E-state index in [0.29, 0.717) is 45.9 Å². The van der Waals surface area contributed by atoms with E-state index in [9.17, 15) is 28.8 Å². The summed E-state index contributed by atoms with van der Waals surface area (Å²) in [5.41, 5.74) is 9.59. The molecule has 5 saturated heterocycles. The monoisotopic (exact) mass is 979 g/mol. The molecule has 0 saturated carbocycles. The number of piperidine rings is 5. The van der Waals surface area contributed by atoms with Gasteiger partial charge in [-0.15, -0.1) is 0 Å². The normalized spacial score (nSPS) is 23.2. The number of nitrogens with zero attached hydrogens (tertiary/aromatic N) is 7. The summed E-state index contributed by atoms with van der Waals surface area (Å²) in [5, 5.41) is 10.8. The summed E-state index contributed by atoms with van der Waals surface area (Å²) in [4.78, 5) is 87.8. The molecule has 8 heterocycles. The number of anilines is 1. The topological polar surface area (TPSA) is 196 Å². The summed E-state index contributed by atoms with van der Waals surface area (Å²) in [7, 11) is 0. The molecule has 11 rings (SSSR count). The van der Waals surface area contributed by atoms with Crippen molar-refractivity contribution in [3.63, 3.8) is 0 Å². The number of aromatic nitrogens is 2. The van der Waals surface area contributed by atoms with Crippen molar-refractivity contribution in [2.24, 2.45) is 23.5 Å². The van der Waals surface area contributed by atoms with Gasteiger partial charge in [0.2, 0.25) is 11.8 Å². The average Bonchev–Trinajstić information content (AvgIpc) is 3.92. The Morgan fingerprint density at radius 1 is 0.667 bits per heavy atom. The molecule has 0 aliphatic carbocycles. The van der Waals surface area contributed by atoms with E-state index in [1.54, 1.807) is 6.07 Å². The van der Waals surface area contributed by atoms with E-state index in [0.717, 1.165) is 157 Å². The minimum Gasteiger partial charge on any atom is -0.457 e. The van der Waals surface area contributed by atoms with Gasteiger partial charge < -0.3 is 35.4 Å². The first kappa shape index (κ1) is 47.7. The van der Waals surface area contributed by atoms with Crippen molar-refractivity contribution in [1.82, 2.24) is 39.6 Å². The molecule has 2 unspecified atom stereocenters. The highest BCUT2D eigenvalue weighted by Gasteiger charge is 2.45. The highest BCUT2D eigenvalue weighted by atomic mass is 16.5. The van der Waals surface area contributed by atoms with Crippen LogP contribution >= 0.6 is 0 Å². The quantitative estimate of drug-likeness (QED) is 0.142. The number of carbonyl (C=O) groups is 6. The number of fused-ring (bicyclic) bond motifs is 2. The Morgan fingerprint density at radius 2 is 1.28 bits per heavy atom. The molecule has 0 radical (unpaired) electrons. The van der Waals surface area contributed by atoms with Crippen molar-refractivity contribution < 1.29 is 33.5 Å². The number of nitrogens with one attached hydrogen (secondary N) is 2. The minimum absolute atomic E-state index is 0.0977. The van der Waals surface area contributed by atoms with E-state index >= 15 is 0 Å². The number of urea groups is 1. The molecule has 7 amide bonds. The molecule has 378 valence electrons. The Kier molecular flexibility index (Phi) is 13.6. The Labute approximate surface area is 420 Å². The number of imide groups is 2. The Morgan fingerprint density at radius 3 is 1.90 bits per heavy atom. The van der Waals surface area contributed by atoms with Gasteiger partial charge in [0.15, 0.2) is 0 Å². The molecule has 5 fully saturated rings. The van der Waals surface area contributed by atoms with Crippen LogP contribution in [0.4, 0.5) is 10.6 Å². The SMILES string of the molecule is NC(=O)c1c(-c2ccc(Oc3ccccc3)cc2)nn2c1NCCC2C1CCN(CC2CCN(C(=O)N3CCC(CN4CCC(c5ccc6c(c5)C(=O)N(C5CCC(=O)NC5=O)C6=O)CC4)CC3)CC2)CC1. The van der Waals surface area contributed by atoms with Crippen molar-refractivity contribution in [3.05, 3.63) is 95.1 Å². The summed E-state index contributed by atoms with van der Waals surface area (Å²) < 4.78 is 8.05. The van der Waals surface area contributed by atoms with Crippen LogP contribution in [0.1, 0.15) is 119 Å². The second-order valence-electron chi connectivity index (χ2n) is 21.2. The third kappa shape index (κ3) is 9.72. The third-order valence-electron chi connectivity index (χ3n) is 16.8. The molecule has 4 N–H and O–H groups in total. The lowest BCUT2D eigenvalue weighted by molar-refractivity contribution is -0.136. The maximum atomic E-state index is 13.8. The minimum atomic E-state index is -0.964. The van der Waals surface area contributed by atoms with Crippen LogP contribution in [0.3, 0.4) is 0 Å². The molecule has 2 atom stereocenters. The number of ether oxygens (including phenoxy) is 1. The van der Waals surface area contributed by atoms with Gasteiger partial charge in [-0.1, -0.05) is 24.3 Å². The zero-order valence-corrected chi connectivity index (χ0v) is 41.0. The Balaban J connectivity index is 0.601. The van der Waals surface area contributed by atoms with Crippen LogP contribution in [0, 0.1) is 17.8 Å². The van der Waals surface area contributed by atoms with Crippen LogP contribution in [-0.2, 0) is 9.59 Å². The smallest absolute Gasteiger partial charge is 0.319 e. The van der Waals surface area contributed by atoms with E-state index in [1.807, 2.05) is 71.4 Å². The summed E-state index contributed by atoms with van der Waals surface area (Å²) in [6, 6.07) is 22.2. The summed E-state index contributed by atoms with van der Waals surface area (Å²) in [6.45, 7) is 10.1. The molecule has 17 heteroatoms. The molecule has 72 heavy (non-hydrogen) atoms. The maximum absolute atomic E-state index is 13.8. The Hall–Kier alpha value is -6.59. The van der Waals surface area contributed by atoms with Crippen molar-refractivity contribution >= 4 is 41.4 Å². The van der Waals surface area contributed by atoms with Gasteiger partial charge in [-0.05, 0) is 168 Å². The number of hydrogen-bond acceptors (Lipinski definition) is 11. The molecular formula is C55H66N10O7. The number of primary amides is 1. The van der Waals surface area contributed by atoms with Crippen LogP contribution in [0.2, 0.25) is 0 Å². The largest absolute Gasteiger partial charge is 0.457 e. The fourth-order valence-corrected chi connectivity index (χ4v) is 12.7. The molecule has 4 aromatic rings. The predicted molar refractivity (Wildman–Crippen MR) is 270 cm³/mol. The number of hydrogen-bond donors (Lipinski definition) is 3. The molecule has 7 aliphatic heterocycles. The van der Waals surface area contributed by atoms with Crippen molar-refractivity contribution in [2.45, 2.75) is 88.6 Å². The van der Waals surface area contributed by atoms with Crippen molar-refractivity contribution in [2.75, 3.05) is 77.3 Å². The van der Waals surface area contributed by atoms with E-state index in [2.05, 4.69) is 30.2 Å². The van der Waals surface area contributed by atoms with Gasteiger partial charge in [0.1, 0.15) is 34.6 Å². The summed E-state index contributed by atoms with van der Waals surface area (Å²) >= 11 is 0. The van der Waals surface area contributed by atoms with Gasteiger partial charge in [-0.2, -0.15) is 5.10 Å². The molecule has 0 bridgehead atoms. The fraction of sp³-hybridized carbons (Fsp3) is 0.509. The molecule has 3 aromatic carbocycles. The average molecular weight is 979 g/mol. The third-order valence-corrected chi connectivity index (χ3v) is 16.8. The van der Waals surface area contributed by atoms with Crippen molar-refractivity contribution in [3.8, 4) is 22.8 Å². The number of amides is 7. The zero-order chi connectivity index (χ0) is 49.5. The molecule has 0 spiro atoms. The molecule has 17 nitrogen and oxygen atoms in total. The van der Waals surface area contributed by atoms with Crippen LogP contribution in [0.15, 0.2) is 72.8 Å². The first-order chi connectivity index (χ1) is 35.0. The number of likely N-dealkylation sites (tertiary alicyclic amines) is 4. The van der Waals surface area contributed by atoms with E-state index in [4.69, 9.17) is 15.6 Å². The van der Waals surface area contributed by atoms with Gasteiger partial charge >= 0.3 is 6.03 Å². The first-order valence-corrected chi connectivity index (χ1v) is 26.4. The number of benzene rings is 3. The summed E-state index contributed by atoms with van der Waals surface area (Å²) in [6.07, 6.45) is 9.32. The van der Waals surface area contributed by atoms with Gasteiger partial charge in [0.25, 0.3) is 17.7 Å². The second kappa shape index (κ2) is 20.5. The van der Waals surface area contributed by atoms with Crippen LogP contribution < -0.4 is 21.1 Å². The summed E-state index contributed by atoms with van der Waals surface area (Å²) in [5.74, 6) is 1.63. The van der Waals surface area contributed by atoms with Gasteiger partial charge in [0.05, 0.1) is 17.2 Å². The van der Waals surface area contributed by atoms with Crippen LogP contribution in [0.25, 0.3) is 11.3 Å². The van der Waals surface area contributed by atoms with E-state index in [-0.39, 0.29) is 36.7 Å². The lowest BCUT2D eigenvalue weighted by Crippen LogP contribution is -2.54. The predicted octanol–water partition coefficient (Wildman–Crippen LogP) is 6.33. The highest BCUT2D eigenvalue weighted by molar-refractivity contribution is 6.23. The lowest BCUT2D eigenvalue weighted by atomic mass is 9.86. The van der Waals surface area contributed by atoms with Crippen LogP contribution in [-0.4, -0.2) is 148 Å². The van der Waals surface area contributed by atoms with Gasteiger partial charge in [-0.3, -0.25) is 34.2 Å². The second-order valence-corrected chi connectivity index (χ2v) is 21.2. The highest BCUT2D eigenvalue weighted by Crippen LogP contribution is 2.41. The zero-order valence-electron chi connectivity index (χ0n) is 41.0. The number of para-hydroxylation sites is 1. The standard InChI is InChI=1S/C55H66N10O7/c56-50(67)48-49(39-6-9-42(10-7-39)72-41-4-2-1-3-5-41)59-65-45(14-23-57-51(48)65)38-21-26-61(27-22-38)34-36-17-30-63(31-18-36)55(71)62-28-15-35(16-29-62)33-60-24-19-37(20-25-60)40-8-11-43-44(32-40)54(70)64(53(43)69)46-12-13-47(66)58-52(46)68/h1-11,32,35-38,45-46,57H,12-31,33-34H2,(H2,56,67)(H,58,66,68). The van der Waals surface area contributed by atoms with E-state index < -0.39 is 29.7 Å². The van der Waals surface area contributed by atoms with Crippen LogP contribution in [0.5, 0.6) is 11.5 Å². The number of nitrogens with two attached hydrogens (primary N) is 1. The van der Waals surface area contributed by atoms with Gasteiger partial charge in [0, 0.05) is 57.8 Å². The van der Waals surface area contributed by atoms with Gasteiger partial charge in [-0.25, -0.2) is 9.48 Å². The number of carbonyl (C=O) groups excluding carboxylic acids is 6. The first-order valence-electron chi connectivity index (χ1n) is 26.4. The molecule has 1 aromatic heterocycles. The van der Waals surface area contributed by atoms with Crippen molar-refractivity contribution in [1.29, 1.82) is 0 Å². The Bertz CT molecular complexity index is 2700.